The molecule has 3 nitrogen and oxygen atoms in total. The summed E-state index contributed by atoms with van der Waals surface area (Å²) >= 11 is 3.06. The normalized spacial score (nSPS) is 10.9. The second kappa shape index (κ2) is 5.97. The molecule has 0 amide bonds. The average molecular weight is 336 g/mol. The molecule has 0 saturated heterocycles. The van der Waals surface area contributed by atoms with Gasteiger partial charge in [-0.2, -0.15) is 13.2 Å². The lowest BCUT2D eigenvalue weighted by atomic mass is 10.1. The van der Waals surface area contributed by atoms with E-state index in [9.17, 15) is 18.0 Å². The van der Waals surface area contributed by atoms with Crippen molar-refractivity contribution in [2.75, 3.05) is 18.0 Å². The molecule has 1 aromatic rings. The lowest BCUT2D eigenvalue weighted by Crippen LogP contribution is -2.31. The van der Waals surface area contributed by atoms with Gasteiger partial charge >= 0.3 is 12.1 Å². The van der Waals surface area contributed by atoms with Gasteiger partial charge in [-0.05, 0) is 18.2 Å². The van der Waals surface area contributed by atoms with E-state index < -0.39 is 24.3 Å². The highest BCUT2D eigenvalue weighted by molar-refractivity contribution is 9.10. The first-order chi connectivity index (χ1) is 8.75. The maximum absolute atomic E-state index is 12.9. The van der Waals surface area contributed by atoms with Crippen molar-refractivity contribution in [1.82, 2.24) is 0 Å². The van der Waals surface area contributed by atoms with E-state index in [-0.39, 0.29) is 12.2 Å². The third-order valence-corrected chi connectivity index (χ3v) is 2.71. The van der Waals surface area contributed by atoms with Crippen LogP contribution in [0.25, 0.3) is 0 Å². The number of alkyl halides is 3. The standard InChI is InChI=1S/C12H9BrF3NO2/c1-2-5-17(7-11(18)19)10-6-8(13)3-4-9(10)12(14,15)16/h1,3-4,6H,5,7H2,(H,18,19). The van der Waals surface area contributed by atoms with E-state index in [1.54, 1.807) is 0 Å². The number of benzene rings is 1. The van der Waals surface area contributed by atoms with E-state index in [0.717, 1.165) is 11.0 Å². The summed E-state index contributed by atoms with van der Waals surface area (Å²) in [7, 11) is 0. The van der Waals surface area contributed by atoms with Gasteiger partial charge in [0.15, 0.2) is 0 Å². The Morgan fingerprint density at radius 1 is 1.47 bits per heavy atom. The zero-order valence-corrected chi connectivity index (χ0v) is 11.1. The molecule has 0 fully saturated rings. The molecule has 0 aliphatic carbocycles. The predicted molar refractivity (Wildman–Crippen MR) is 67.8 cm³/mol. The number of anilines is 1. The summed E-state index contributed by atoms with van der Waals surface area (Å²) in [5, 5.41) is 8.73. The summed E-state index contributed by atoms with van der Waals surface area (Å²) in [4.78, 5) is 11.7. The van der Waals surface area contributed by atoms with Crippen LogP contribution < -0.4 is 4.90 Å². The Balaban J connectivity index is 3.31. The molecule has 19 heavy (non-hydrogen) atoms. The second-order valence-corrected chi connectivity index (χ2v) is 4.53. The van der Waals surface area contributed by atoms with Crippen LogP contribution in [0.3, 0.4) is 0 Å². The zero-order chi connectivity index (χ0) is 14.6. The molecule has 1 rings (SSSR count). The first kappa shape index (κ1) is 15.4. The summed E-state index contributed by atoms with van der Waals surface area (Å²) in [6.45, 7) is -0.838. The van der Waals surface area contributed by atoms with Gasteiger partial charge in [0.2, 0.25) is 0 Å². The summed E-state index contributed by atoms with van der Waals surface area (Å²) in [6, 6.07) is 3.31. The Morgan fingerprint density at radius 3 is 2.58 bits per heavy atom. The van der Waals surface area contributed by atoms with Crippen molar-refractivity contribution in [3.8, 4) is 12.3 Å². The third kappa shape index (κ3) is 4.17. The molecule has 102 valence electrons. The summed E-state index contributed by atoms with van der Waals surface area (Å²) in [6.07, 6.45) is 0.480. The van der Waals surface area contributed by atoms with Crippen molar-refractivity contribution >= 4 is 27.6 Å². The van der Waals surface area contributed by atoms with Gasteiger partial charge in [-0.25, -0.2) is 0 Å². The Kier molecular flexibility index (Phi) is 4.84. The number of rotatable bonds is 4. The average Bonchev–Trinajstić information content (AvgIpc) is 2.26. The largest absolute Gasteiger partial charge is 0.480 e. The van der Waals surface area contributed by atoms with Crippen molar-refractivity contribution in [3.05, 3.63) is 28.2 Å². The number of carboxylic acid groups (broad SMARTS) is 1. The highest BCUT2D eigenvalue weighted by atomic mass is 79.9. The third-order valence-electron chi connectivity index (χ3n) is 2.21. The maximum atomic E-state index is 12.9. The molecule has 0 aliphatic heterocycles. The summed E-state index contributed by atoms with van der Waals surface area (Å²) < 4.78 is 39.0. The van der Waals surface area contributed by atoms with Crippen LogP contribution in [0, 0.1) is 12.3 Å². The van der Waals surface area contributed by atoms with Gasteiger partial charge in [-0.15, -0.1) is 6.42 Å². The van der Waals surface area contributed by atoms with Crippen molar-refractivity contribution < 1.29 is 23.1 Å². The van der Waals surface area contributed by atoms with Crippen LogP contribution in [0.1, 0.15) is 5.56 Å². The van der Waals surface area contributed by atoms with Crippen LogP contribution in [0.2, 0.25) is 0 Å². The molecule has 0 heterocycles. The van der Waals surface area contributed by atoms with Crippen LogP contribution in [-0.4, -0.2) is 24.2 Å². The van der Waals surface area contributed by atoms with Gasteiger partial charge in [-0.3, -0.25) is 4.79 Å². The molecule has 0 aromatic heterocycles. The molecule has 0 radical (unpaired) electrons. The Labute approximate surface area is 116 Å². The first-order valence-electron chi connectivity index (χ1n) is 5.02. The highest BCUT2D eigenvalue weighted by Crippen LogP contribution is 2.38. The molecule has 7 heteroatoms. The molecule has 1 aromatic carbocycles. The molecule has 0 aliphatic rings. The Hall–Kier alpha value is -1.68. The fourth-order valence-electron chi connectivity index (χ4n) is 1.51. The van der Waals surface area contributed by atoms with E-state index >= 15 is 0 Å². The molecule has 0 atom stereocenters. The minimum absolute atomic E-state index is 0.230. The van der Waals surface area contributed by atoms with Crippen LogP contribution in [0.4, 0.5) is 18.9 Å². The van der Waals surface area contributed by atoms with Crippen LogP contribution >= 0.6 is 15.9 Å². The van der Waals surface area contributed by atoms with Crippen LogP contribution in [0.15, 0.2) is 22.7 Å². The van der Waals surface area contributed by atoms with Gasteiger partial charge in [-0.1, -0.05) is 21.9 Å². The molecule has 0 spiro atoms. The minimum atomic E-state index is -4.58. The van der Waals surface area contributed by atoms with E-state index in [4.69, 9.17) is 11.5 Å². The van der Waals surface area contributed by atoms with Gasteiger partial charge < -0.3 is 10.0 Å². The predicted octanol–water partition coefficient (Wildman–Crippen LogP) is 2.99. The number of nitrogens with zero attached hydrogens (tertiary/aromatic N) is 1. The number of terminal acetylenes is 1. The lowest BCUT2D eigenvalue weighted by Gasteiger charge is -2.24. The fraction of sp³-hybridized carbons (Fsp3) is 0.250. The van der Waals surface area contributed by atoms with Crippen molar-refractivity contribution in [2.45, 2.75) is 6.18 Å². The first-order valence-corrected chi connectivity index (χ1v) is 5.82. The Morgan fingerprint density at radius 2 is 2.11 bits per heavy atom. The number of halogens is 4. The van der Waals surface area contributed by atoms with Crippen LogP contribution in [-0.2, 0) is 11.0 Å². The molecule has 0 bridgehead atoms. The van der Waals surface area contributed by atoms with Crippen molar-refractivity contribution in [2.24, 2.45) is 0 Å². The Bertz CT molecular complexity index is 523. The minimum Gasteiger partial charge on any atom is -0.480 e. The van der Waals surface area contributed by atoms with Crippen molar-refractivity contribution in [1.29, 1.82) is 0 Å². The summed E-state index contributed by atoms with van der Waals surface area (Å²) in [5.74, 6) is 0.889. The number of hydrogen-bond acceptors (Lipinski definition) is 2. The smallest absolute Gasteiger partial charge is 0.418 e. The second-order valence-electron chi connectivity index (χ2n) is 3.61. The number of carbonyl (C=O) groups is 1. The number of aliphatic carboxylic acids is 1. The van der Waals surface area contributed by atoms with Gasteiger partial charge in [0.05, 0.1) is 17.8 Å². The highest BCUT2D eigenvalue weighted by Gasteiger charge is 2.35. The van der Waals surface area contributed by atoms with E-state index in [0.29, 0.717) is 4.47 Å². The number of carboxylic acids is 1. The summed E-state index contributed by atoms with van der Waals surface area (Å²) in [5.41, 5.74) is -1.19. The molecular weight excluding hydrogens is 327 g/mol. The fourth-order valence-corrected chi connectivity index (χ4v) is 1.85. The van der Waals surface area contributed by atoms with Gasteiger partial charge in [0.25, 0.3) is 0 Å². The molecule has 0 saturated carbocycles. The van der Waals surface area contributed by atoms with Crippen LogP contribution in [0.5, 0.6) is 0 Å². The van der Waals surface area contributed by atoms with Gasteiger partial charge in [0.1, 0.15) is 6.54 Å². The SMILES string of the molecule is C#CCN(CC(=O)O)c1cc(Br)ccc1C(F)(F)F. The maximum Gasteiger partial charge on any atom is 0.418 e. The lowest BCUT2D eigenvalue weighted by molar-refractivity contribution is -0.138. The van der Waals surface area contributed by atoms with E-state index in [1.807, 2.05) is 0 Å². The molecule has 1 N–H and O–H groups in total. The topological polar surface area (TPSA) is 40.5 Å². The van der Waals surface area contributed by atoms with E-state index in [2.05, 4.69) is 21.9 Å². The molecular formula is C12H9BrF3NO2. The molecule has 0 unspecified atom stereocenters. The van der Waals surface area contributed by atoms with E-state index in [1.165, 1.54) is 12.1 Å². The number of hydrogen-bond donors (Lipinski definition) is 1. The van der Waals surface area contributed by atoms with Gasteiger partial charge in [0, 0.05) is 4.47 Å². The monoisotopic (exact) mass is 335 g/mol. The zero-order valence-electron chi connectivity index (χ0n) is 9.54. The van der Waals surface area contributed by atoms with Crippen molar-refractivity contribution in [3.63, 3.8) is 0 Å². The quantitative estimate of drug-likeness (QED) is 0.860.